The smallest absolute Gasteiger partial charge is 0.194 e. The van der Waals surface area contributed by atoms with Crippen molar-refractivity contribution in [3.63, 3.8) is 0 Å². The molecule has 0 aliphatic heterocycles. The van der Waals surface area contributed by atoms with Crippen LogP contribution < -0.4 is 10.1 Å². The van der Waals surface area contributed by atoms with Crippen LogP contribution in [0.4, 0.5) is 0 Å². The summed E-state index contributed by atoms with van der Waals surface area (Å²) in [6, 6.07) is 8.00. The van der Waals surface area contributed by atoms with Gasteiger partial charge < -0.3 is 24.4 Å². The molecule has 2 rings (SSSR count). The summed E-state index contributed by atoms with van der Waals surface area (Å²) in [5.41, 5.74) is 2.10. The summed E-state index contributed by atoms with van der Waals surface area (Å²) in [6.45, 7) is 7.22. The van der Waals surface area contributed by atoms with Crippen molar-refractivity contribution in [2.75, 3.05) is 41.0 Å². The minimum absolute atomic E-state index is 0.0133. The third kappa shape index (κ3) is 7.64. The summed E-state index contributed by atoms with van der Waals surface area (Å²) in [6.07, 6.45) is 0.0133. The first-order chi connectivity index (χ1) is 14.1. The van der Waals surface area contributed by atoms with Gasteiger partial charge in [-0.1, -0.05) is 12.1 Å². The van der Waals surface area contributed by atoms with Gasteiger partial charge in [-0.05, 0) is 31.5 Å². The Morgan fingerprint density at radius 3 is 2.86 bits per heavy atom. The van der Waals surface area contributed by atoms with Crippen molar-refractivity contribution in [1.82, 2.24) is 15.2 Å². The van der Waals surface area contributed by atoms with E-state index in [1.807, 2.05) is 32.2 Å². The monoisotopic (exact) mass is 420 g/mol. The first-order valence-electron chi connectivity index (χ1n) is 9.74. The van der Waals surface area contributed by atoms with E-state index < -0.39 is 0 Å². The van der Waals surface area contributed by atoms with Gasteiger partial charge in [0.05, 0.1) is 25.4 Å². The third-order valence-corrected chi connectivity index (χ3v) is 5.29. The second-order valence-corrected chi connectivity index (χ2v) is 7.46. The molecule has 160 valence electrons. The molecular formula is C21H32N4O3S. The zero-order chi connectivity index (χ0) is 21.1. The van der Waals surface area contributed by atoms with E-state index in [2.05, 4.69) is 33.6 Å². The molecular weight excluding hydrogens is 388 g/mol. The molecule has 0 bridgehead atoms. The van der Waals surface area contributed by atoms with Crippen molar-refractivity contribution < 1.29 is 14.2 Å². The topological polar surface area (TPSA) is 68.2 Å². The molecule has 0 fully saturated rings. The zero-order valence-electron chi connectivity index (χ0n) is 18.0. The molecule has 8 heteroatoms. The van der Waals surface area contributed by atoms with Crippen molar-refractivity contribution in [2.24, 2.45) is 4.99 Å². The van der Waals surface area contributed by atoms with Crippen molar-refractivity contribution >= 4 is 17.3 Å². The Balaban J connectivity index is 2.01. The molecule has 1 atom stereocenters. The van der Waals surface area contributed by atoms with Gasteiger partial charge in [0.15, 0.2) is 5.96 Å². The largest absolute Gasteiger partial charge is 0.491 e. The highest BCUT2D eigenvalue weighted by molar-refractivity contribution is 7.09. The number of aromatic nitrogens is 1. The molecule has 0 radical (unpaired) electrons. The van der Waals surface area contributed by atoms with E-state index >= 15 is 0 Å². The highest BCUT2D eigenvalue weighted by Gasteiger charge is 2.12. The Bertz CT molecular complexity index is 766. The predicted octanol–water partition coefficient (Wildman–Crippen LogP) is 3.47. The molecule has 0 saturated heterocycles. The summed E-state index contributed by atoms with van der Waals surface area (Å²) in [4.78, 5) is 11.5. The van der Waals surface area contributed by atoms with Crippen LogP contribution in [0.2, 0.25) is 0 Å². The van der Waals surface area contributed by atoms with Crippen molar-refractivity contribution in [1.29, 1.82) is 0 Å². The quantitative estimate of drug-likeness (QED) is 0.341. The SMILES string of the molecule is CCNC(=NCc1cccc(OCCOC)c1)N(C)Cc1csc(C(C)OC)n1. The van der Waals surface area contributed by atoms with Crippen molar-refractivity contribution in [3.8, 4) is 5.75 Å². The van der Waals surface area contributed by atoms with Crippen LogP contribution in [0.5, 0.6) is 5.75 Å². The molecule has 1 aromatic heterocycles. The summed E-state index contributed by atoms with van der Waals surface area (Å²) in [7, 11) is 5.38. The maximum absolute atomic E-state index is 5.68. The van der Waals surface area contributed by atoms with Crippen LogP contribution in [0.3, 0.4) is 0 Å². The number of nitrogens with one attached hydrogen (secondary N) is 1. The number of methoxy groups -OCH3 is 2. The molecule has 1 N–H and O–H groups in total. The van der Waals surface area contributed by atoms with Crippen LogP contribution in [0.25, 0.3) is 0 Å². The number of ether oxygens (including phenoxy) is 3. The molecule has 29 heavy (non-hydrogen) atoms. The molecule has 2 aromatic rings. The number of rotatable bonds is 11. The highest BCUT2D eigenvalue weighted by Crippen LogP contribution is 2.21. The van der Waals surface area contributed by atoms with E-state index in [0.29, 0.717) is 26.3 Å². The summed E-state index contributed by atoms with van der Waals surface area (Å²) >= 11 is 1.62. The molecule has 0 saturated carbocycles. The number of guanidine groups is 1. The van der Waals surface area contributed by atoms with Gasteiger partial charge >= 0.3 is 0 Å². The lowest BCUT2D eigenvalue weighted by Gasteiger charge is -2.21. The molecule has 7 nitrogen and oxygen atoms in total. The second kappa shape index (κ2) is 12.4. The average Bonchev–Trinajstić information content (AvgIpc) is 3.19. The van der Waals surface area contributed by atoms with E-state index in [4.69, 9.17) is 19.2 Å². The highest BCUT2D eigenvalue weighted by atomic mass is 32.1. The standard InChI is InChI=1S/C21H32N4O3S/c1-6-22-21(25(3)14-18-15-29-20(24-18)16(2)27-5)23-13-17-8-7-9-19(12-17)28-11-10-26-4/h7-9,12,15-16H,6,10-11,13-14H2,1-5H3,(H,22,23). The van der Waals surface area contributed by atoms with E-state index in [9.17, 15) is 0 Å². The molecule has 1 heterocycles. The number of nitrogens with zero attached hydrogens (tertiary/aromatic N) is 3. The number of hydrogen-bond donors (Lipinski definition) is 1. The van der Waals surface area contributed by atoms with Crippen LogP contribution in [-0.4, -0.2) is 56.9 Å². The van der Waals surface area contributed by atoms with Gasteiger partial charge in [0.1, 0.15) is 23.5 Å². The van der Waals surface area contributed by atoms with E-state index in [1.165, 1.54) is 0 Å². The Morgan fingerprint density at radius 2 is 2.14 bits per heavy atom. The van der Waals surface area contributed by atoms with Gasteiger partial charge in [-0.15, -0.1) is 11.3 Å². The van der Waals surface area contributed by atoms with Gasteiger partial charge in [-0.25, -0.2) is 9.98 Å². The van der Waals surface area contributed by atoms with Crippen LogP contribution in [0.15, 0.2) is 34.6 Å². The fourth-order valence-corrected chi connectivity index (χ4v) is 3.45. The van der Waals surface area contributed by atoms with Crippen molar-refractivity contribution in [3.05, 3.63) is 45.9 Å². The number of benzene rings is 1. The summed E-state index contributed by atoms with van der Waals surface area (Å²) in [5, 5.41) is 6.41. The van der Waals surface area contributed by atoms with Gasteiger partial charge in [-0.3, -0.25) is 0 Å². The van der Waals surface area contributed by atoms with Gasteiger partial charge in [-0.2, -0.15) is 0 Å². The van der Waals surface area contributed by atoms with Crippen LogP contribution >= 0.6 is 11.3 Å². The predicted molar refractivity (Wildman–Crippen MR) is 118 cm³/mol. The molecule has 0 aliphatic rings. The fraction of sp³-hybridized carbons (Fsp3) is 0.524. The van der Waals surface area contributed by atoms with Gasteiger partial charge in [0.25, 0.3) is 0 Å². The van der Waals surface area contributed by atoms with Gasteiger partial charge in [0.2, 0.25) is 0 Å². The van der Waals surface area contributed by atoms with E-state index in [1.54, 1.807) is 25.6 Å². The normalized spacial score (nSPS) is 12.7. The Kier molecular flexibility index (Phi) is 9.90. The third-order valence-electron chi connectivity index (χ3n) is 4.23. The maximum Gasteiger partial charge on any atom is 0.194 e. The summed E-state index contributed by atoms with van der Waals surface area (Å²) < 4.78 is 16.1. The molecule has 0 spiro atoms. The zero-order valence-corrected chi connectivity index (χ0v) is 18.8. The minimum Gasteiger partial charge on any atom is -0.491 e. The van der Waals surface area contributed by atoms with E-state index in [0.717, 1.165) is 34.5 Å². The Labute approximate surface area is 177 Å². The molecule has 1 unspecified atom stereocenters. The first kappa shape index (κ1) is 23.1. The lowest BCUT2D eigenvalue weighted by atomic mass is 10.2. The second-order valence-electron chi connectivity index (χ2n) is 6.57. The number of aliphatic imine (C=N–C) groups is 1. The lowest BCUT2D eigenvalue weighted by molar-refractivity contribution is 0.119. The maximum atomic E-state index is 5.68. The average molecular weight is 421 g/mol. The van der Waals surface area contributed by atoms with Crippen LogP contribution in [-0.2, 0) is 22.6 Å². The fourth-order valence-electron chi connectivity index (χ4n) is 2.61. The van der Waals surface area contributed by atoms with Crippen LogP contribution in [0, 0.1) is 0 Å². The van der Waals surface area contributed by atoms with E-state index in [-0.39, 0.29) is 6.10 Å². The Morgan fingerprint density at radius 1 is 1.31 bits per heavy atom. The molecule has 0 amide bonds. The molecule has 1 aromatic carbocycles. The molecule has 0 aliphatic carbocycles. The first-order valence-corrected chi connectivity index (χ1v) is 10.6. The van der Waals surface area contributed by atoms with Crippen LogP contribution in [0.1, 0.15) is 36.2 Å². The minimum atomic E-state index is 0.0133. The van der Waals surface area contributed by atoms with Gasteiger partial charge in [0, 0.05) is 33.2 Å². The number of thiazole rings is 1. The summed E-state index contributed by atoms with van der Waals surface area (Å²) in [5.74, 6) is 1.67. The Hall–Kier alpha value is -2.16. The van der Waals surface area contributed by atoms with Crippen molar-refractivity contribution in [2.45, 2.75) is 33.0 Å². The lowest BCUT2D eigenvalue weighted by Crippen LogP contribution is -2.38. The number of hydrogen-bond acceptors (Lipinski definition) is 6.